The lowest BCUT2D eigenvalue weighted by Crippen LogP contribution is -2.23. The molecule has 0 N–H and O–H groups in total. The van der Waals surface area contributed by atoms with E-state index in [0.717, 1.165) is 10.9 Å². The summed E-state index contributed by atoms with van der Waals surface area (Å²) in [5.41, 5.74) is 1.26. The number of hydrogen-bond donors (Lipinski definition) is 0. The average molecular weight is 243 g/mol. The third-order valence-corrected chi connectivity index (χ3v) is 2.56. The molecule has 1 heterocycles. The van der Waals surface area contributed by atoms with Gasteiger partial charge in [-0.15, -0.1) is 0 Å². The molecule has 0 saturated heterocycles. The van der Waals surface area contributed by atoms with E-state index >= 15 is 0 Å². The molecule has 0 fully saturated rings. The Morgan fingerprint density at radius 3 is 2.78 bits per heavy atom. The van der Waals surface area contributed by atoms with Gasteiger partial charge in [0.15, 0.2) is 5.78 Å². The lowest BCUT2D eigenvalue weighted by Gasteiger charge is -2.18. The van der Waals surface area contributed by atoms with Crippen LogP contribution in [0.15, 0.2) is 36.5 Å². The Morgan fingerprint density at radius 2 is 2.06 bits per heavy atom. The summed E-state index contributed by atoms with van der Waals surface area (Å²) >= 11 is 0. The quantitative estimate of drug-likeness (QED) is 0.777. The molecule has 3 heteroatoms. The van der Waals surface area contributed by atoms with Crippen molar-refractivity contribution in [1.29, 1.82) is 0 Å². The fraction of sp³-hybridized carbons (Fsp3) is 0.333. The third kappa shape index (κ3) is 3.14. The van der Waals surface area contributed by atoms with Crippen LogP contribution >= 0.6 is 0 Å². The SMILES string of the molecule is CC(C)(C)OCC(=O)c1ccc2ncccc2c1. The number of ketones is 1. The van der Waals surface area contributed by atoms with Crippen LogP contribution < -0.4 is 0 Å². The van der Waals surface area contributed by atoms with Crippen LogP contribution in [0.5, 0.6) is 0 Å². The van der Waals surface area contributed by atoms with E-state index in [9.17, 15) is 4.79 Å². The molecule has 0 radical (unpaired) electrons. The first kappa shape index (κ1) is 12.7. The highest BCUT2D eigenvalue weighted by atomic mass is 16.5. The molecule has 2 aromatic rings. The van der Waals surface area contributed by atoms with Gasteiger partial charge in [-0.3, -0.25) is 9.78 Å². The number of aromatic nitrogens is 1. The monoisotopic (exact) mass is 243 g/mol. The second-order valence-corrected chi connectivity index (χ2v) is 5.24. The molecule has 0 atom stereocenters. The Kier molecular flexibility index (Phi) is 3.43. The van der Waals surface area contributed by atoms with Crippen molar-refractivity contribution in [3.8, 4) is 0 Å². The number of benzene rings is 1. The summed E-state index contributed by atoms with van der Waals surface area (Å²) in [6, 6.07) is 9.33. The van der Waals surface area contributed by atoms with Crippen LogP contribution in [-0.2, 0) is 4.74 Å². The predicted molar refractivity (Wildman–Crippen MR) is 71.8 cm³/mol. The Balaban J connectivity index is 2.18. The molecule has 0 amide bonds. The zero-order valence-corrected chi connectivity index (χ0v) is 10.9. The van der Waals surface area contributed by atoms with Crippen LogP contribution in [0.4, 0.5) is 0 Å². The molecular formula is C15H17NO2. The zero-order chi connectivity index (χ0) is 13.2. The summed E-state index contributed by atoms with van der Waals surface area (Å²) in [5.74, 6) is -0.00400. The molecular weight excluding hydrogens is 226 g/mol. The number of rotatable bonds is 3. The van der Waals surface area contributed by atoms with Crippen LogP contribution in [0.25, 0.3) is 10.9 Å². The van der Waals surface area contributed by atoms with E-state index < -0.39 is 0 Å². The van der Waals surface area contributed by atoms with Crippen LogP contribution in [0.3, 0.4) is 0 Å². The van der Waals surface area contributed by atoms with Crippen molar-refractivity contribution in [2.24, 2.45) is 0 Å². The Morgan fingerprint density at radius 1 is 1.28 bits per heavy atom. The van der Waals surface area contributed by atoms with E-state index in [1.165, 1.54) is 0 Å². The first-order valence-corrected chi connectivity index (χ1v) is 5.98. The Labute approximate surface area is 107 Å². The Hall–Kier alpha value is -1.74. The van der Waals surface area contributed by atoms with Gasteiger partial charge in [0.1, 0.15) is 6.61 Å². The molecule has 1 aromatic carbocycles. The van der Waals surface area contributed by atoms with Gasteiger partial charge in [0.05, 0.1) is 11.1 Å². The largest absolute Gasteiger partial charge is 0.368 e. The minimum Gasteiger partial charge on any atom is -0.368 e. The smallest absolute Gasteiger partial charge is 0.188 e. The summed E-state index contributed by atoms with van der Waals surface area (Å²) < 4.78 is 5.49. The van der Waals surface area contributed by atoms with Gasteiger partial charge in [-0.1, -0.05) is 6.07 Å². The van der Waals surface area contributed by atoms with Crippen molar-refractivity contribution in [1.82, 2.24) is 4.98 Å². The number of carbonyl (C=O) groups excluding carboxylic acids is 1. The first-order valence-electron chi connectivity index (χ1n) is 5.98. The van der Waals surface area contributed by atoms with Gasteiger partial charge in [-0.2, -0.15) is 0 Å². The standard InChI is InChI=1S/C15H17NO2/c1-15(2,3)18-10-14(17)12-6-7-13-11(9-12)5-4-8-16-13/h4-9H,10H2,1-3H3. The molecule has 0 aliphatic heterocycles. The summed E-state index contributed by atoms with van der Waals surface area (Å²) in [7, 11) is 0. The van der Waals surface area contributed by atoms with E-state index in [4.69, 9.17) is 4.74 Å². The number of pyridine rings is 1. The third-order valence-electron chi connectivity index (χ3n) is 2.56. The van der Waals surface area contributed by atoms with Crippen molar-refractivity contribution in [2.45, 2.75) is 26.4 Å². The number of Topliss-reactive ketones (excluding diaryl/α,β-unsaturated/α-hetero) is 1. The highest BCUT2D eigenvalue weighted by Crippen LogP contribution is 2.15. The van der Waals surface area contributed by atoms with Gasteiger partial charge >= 0.3 is 0 Å². The average Bonchev–Trinajstić information content (AvgIpc) is 2.34. The van der Waals surface area contributed by atoms with Crippen LogP contribution in [0.2, 0.25) is 0 Å². The molecule has 0 bridgehead atoms. The fourth-order valence-corrected chi connectivity index (χ4v) is 1.61. The highest BCUT2D eigenvalue weighted by molar-refractivity contribution is 6.00. The van der Waals surface area contributed by atoms with E-state index in [1.54, 1.807) is 12.3 Å². The second kappa shape index (κ2) is 4.86. The topological polar surface area (TPSA) is 39.2 Å². The van der Waals surface area contributed by atoms with Gasteiger partial charge < -0.3 is 4.74 Å². The van der Waals surface area contributed by atoms with Crippen LogP contribution in [-0.4, -0.2) is 23.0 Å². The van der Waals surface area contributed by atoms with Gasteiger partial charge in [0.2, 0.25) is 0 Å². The van der Waals surface area contributed by atoms with Crippen molar-refractivity contribution >= 4 is 16.7 Å². The molecule has 0 spiro atoms. The maximum Gasteiger partial charge on any atom is 0.188 e. The Bertz CT molecular complexity index is 570. The van der Waals surface area contributed by atoms with Crippen molar-refractivity contribution in [2.75, 3.05) is 6.61 Å². The molecule has 1 aromatic heterocycles. The molecule has 0 saturated carbocycles. The minimum absolute atomic E-state index is 0.00400. The van der Waals surface area contributed by atoms with Gasteiger partial charge in [0.25, 0.3) is 0 Å². The highest BCUT2D eigenvalue weighted by Gasteiger charge is 2.14. The molecule has 2 rings (SSSR count). The van der Waals surface area contributed by atoms with E-state index in [1.807, 2.05) is 45.0 Å². The molecule has 18 heavy (non-hydrogen) atoms. The lowest BCUT2D eigenvalue weighted by molar-refractivity contribution is 0.00307. The zero-order valence-electron chi connectivity index (χ0n) is 10.9. The molecule has 94 valence electrons. The van der Waals surface area contributed by atoms with E-state index in [2.05, 4.69) is 4.98 Å². The molecule has 0 unspecified atom stereocenters. The number of nitrogens with zero attached hydrogens (tertiary/aromatic N) is 1. The van der Waals surface area contributed by atoms with Gasteiger partial charge in [0, 0.05) is 17.1 Å². The molecule has 0 aliphatic rings. The molecule has 3 nitrogen and oxygen atoms in total. The van der Waals surface area contributed by atoms with Gasteiger partial charge in [-0.05, 0) is 45.0 Å². The van der Waals surface area contributed by atoms with E-state index in [0.29, 0.717) is 5.56 Å². The number of hydrogen-bond acceptors (Lipinski definition) is 3. The van der Waals surface area contributed by atoms with Crippen LogP contribution in [0.1, 0.15) is 31.1 Å². The minimum atomic E-state index is -0.298. The van der Waals surface area contributed by atoms with Crippen LogP contribution in [0, 0.1) is 0 Å². The van der Waals surface area contributed by atoms with Crippen molar-refractivity contribution < 1.29 is 9.53 Å². The number of ether oxygens (including phenoxy) is 1. The fourth-order valence-electron chi connectivity index (χ4n) is 1.61. The van der Waals surface area contributed by atoms with Crippen molar-refractivity contribution in [3.63, 3.8) is 0 Å². The number of carbonyl (C=O) groups is 1. The van der Waals surface area contributed by atoms with E-state index in [-0.39, 0.29) is 18.0 Å². The molecule has 0 aliphatic carbocycles. The predicted octanol–water partition coefficient (Wildman–Crippen LogP) is 3.23. The maximum atomic E-state index is 12.0. The maximum absolute atomic E-state index is 12.0. The first-order chi connectivity index (χ1) is 8.46. The second-order valence-electron chi connectivity index (χ2n) is 5.24. The van der Waals surface area contributed by atoms with Crippen molar-refractivity contribution in [3.05, 3.63) is 42.1 Å². The summed E-state index contributed by atoms with van der Waals surface area (Å²) in [5, 5.41) is 0.971. The number of fused-ring (bicyclic) bond motifs is 1. The summed E-state index contributed by atoms with van der Waals surface area (Å²) in [6.45, 7) is 5.91. The summed E-state index contributed by atoms with van der Waals surface area (Å²) in [4.78, 5) is 16.2. The summed E-state index contributed by atoms with van der Waals surface area (Å²) in [6.07, 6.45) is 1.74. The normalized spacial score (nSPS) is 11.7. The lowest BCUT2D eigenvalue weighted by atomic mass is 10.1. The van der Waals surface area contributed by atoms with Gasteiger partial charge in [-0.25, -0.2) is 0 Å².